The standard InChI is InChI=1S/C15H14BrClN2O2/c1-21-9-6-7-11(16)10(8-9)14(15(18)20)19-13-5-3-2-4-12(13)17/h2-8,14,19H,1H3,(H2,18,20). The van der Waals surface area contributed by atoms with Gasteiger partial charge >= 0.3 is 0 Å². The van der Waals surface area contributed by atoms with Gasteiger partial charge in [0, 0.05) is 10.0 Å². The van der Waals surface area contributed by atoms with E-state index in [9.17, 15) is 4.79 Å². The van der Waals surface area contributed by atoms with Crippen molar-refractivity contribution in [1.82, 2.24) is 0 Å². The summed E-state index contributed by atoms with van der Waals surface area (Å²) in [6, 6.07) is 11.8. The lowest BCUT2D eigenvalue weighted by Gasteiger charge is -2.20. The second-order valence-corrected chi connectivity index (χ2v) is 5.61. The number of hydrogen-bond donors (Lipinski definition) is 2. The third-order valence-electron chi connectivity index (χ3n) is 2.97. The van der Waals surface area contributed by atoms with E-state index in [4.69, 9.17) is 22.1 Å². The van der Waals surface area contributed by atoms with E-state index in [1.54, 1.807) is 37.4 Å². The zero-order chi connectivity index (χ0) is 15.4. The summed E-state index contributed by atoms with van der Waals surface area (Å²) in [7, 11) is 1.56. The Morgan fingerprint density at radius 3 is 2.67 bits per heavy atom. The lowest BCUT2D eigenvalue weighted by Crippen LogP contribution is -2.28. The maximum atomic E-state index is 11.8. The van der Waals surface area contributed by atoms with Crippen molar-refractivity contribution in [3.05, 3.63) is 57.5 Å². The van der Waals surface area contributed by atoms with Crippen LogP contribution >= 0.6 is 27.5 Å². The quantitative estimate of drug-likeness (QED) is 0.843. The highest BCUT2D eigenvalue weighted by Gasteiger charge is 2.21. The molecule has 0 aliphatic rings. The summed E-state index contributed by atoms with van der Waals surface area (Å²) in [6.07, 6.45) is 0. The second kappa shape index (κ2) is 6.83. The van der Waals surface area contributed by atoms with Gasteiger partial charge in [-0.1, -0.05) is 39.7 Å². The molecule has 2 rings (SSSR count). The van der Waals surface area contributed by atoms with Crippen LogP contribution in [0.1, 0.15) is 11.6 Å². The number of para-hydroxylation sites is 1. The van der Waals surface area contributed by atoms with Crippen LogP contribution < -0.4 is 15.8 Å². The van der Waals surface area contributed by atoms with Crippen LogP contribution in [0.15, 0.2) is 46.9 Å². The van der Waals surface area contributed by atoms with Crippen LogP contribution in [0, 0.1) is 0 Å². The lowest BCUT2D eigenvalue weighted by molar-refractivity contribution is -0.118. The molecule has 1 unspecified atom stereocenters. The Balaban J connectivity index is 2.40. The smallest absolute Gasteiger partial charge is 0.244 e. The third kappa shape index (κ3) is 3.68. The number of carbonyl (C=O) groups is 1. The van der Waals surface area contributed by atoms with E-state index in [1.165, 1.54) is 0 Å². The van der Waals surface area contributed by atoms with Gasteiger partial charge in [-0.05, 0) is 30.3 Å². The largest absolute Gasteiger partial charge is 0.497 e. The average molecular weight is 370 g/mol. The van der Waals surface area contributed by atoms with Crippen LogP contribution in [-0.4, -0.2) is 13.0 Å². The van der Waals surface area contributed by atoms with Crippen molar-refractivity contribution in [3.63, 3.8) is 0 Å². The molecule has 2 aromatic carbocycles. The number of rotatable bonds is 5. The highest BCUT2D eigenvalue weighted by atomic mass is 79.9. The van der Waals surface area contributed by atoms with Crippen molar-refractivity contribution in [1.29, 1.82) is 0 Å². The molecule has 0 spiro atoms. The number of nitrogens with two attached hydrogens (primary N) is 1. The van der Waals surface area contributed by atoms with Crippen molar-refractivity contribution in [2.45, 2.75) is 6.04 Å². The number of carbonyl (C=O) groups excluding carboxylic acids is 1. The Kier molecular flexibility index (Phi) is 5.09. The van der Waals surface area contributed by atoms with Gasteiger partial charge in [-0.25, -0.2) is 0 Å². The van der Waals surface area contributed by atoms with E-state index in [2.05, 4.69) is 21.2 Å². The van der Waals surface area contributed by atoms with Gasteiger partial charge in [0.25, 0.3) is 0 Å². The van der Waals surface area contributed by atoms with Crippen LogP contribution in [0.3, 0.4) is 0 Å². The van der Waals surface area contributed by atoms with E-state index in [-0.39, 0.29) is 0 Å². The normalized spacial score (nSPS) is 11.8. The SMILES string of the molecule is COc1ccc(Br)c(C(Nc2ccccc2Cl)C(N)=O)c1. The maximum Gasteiger partial charge on any atom is 0.244 e. The molecule has 3 N–H and O–H groups in total. The van der Waals surface area contributed by atoms with Crippen LogP contribution in [-0.2, 0) is 4.79 Å². The molecule has 0 saturated carbocycles. The fourth-order valence-corrected chi connectivity index (χ4v) is 2.57. The van der Waals surface area contributed by atoms with Crippen molar-refractivity contribution in [3.8, 4) is 5.75 Å². The Morgan fingerprint density at radius 1 is 1.33 bits per heavy atom. The predicted molar refractivity (Wildman–Crippen MR) is 87.7 cm³/mol. The van der Waals surface area contributed by atoms with E-state index in [0.29, 0.717) is 22.0 Å². The molecule has 21 heavy (non-hydrogen) atoms. The molecule has 0 fully saturated rings. The third-order valence-corrected chi connectivity index (χ3v) is 4.02. The van der Waals surface area contributed by atoms with Gasteiger partial charge in [0.1, 0.15) is 11.8 Å². The molecule has 0 aromatic heterocycles. The highest BCUT2D eigenvalue weighted by Crippen LogP contribution is 2.32. The van der Waals surface area contributed by atoms with E-state index in [1.807, 2.05) is 12.1 Å². The lowest BCUT2D eigenvalue weighted by atomic mass is 10.1. The zero-order valence-corrected chi connectivity index (χ0v) is 13.6. The van der Waals surface area contributed by atoms with E-state index in [0.717, 1.165) is 4.47 Å². The number of ether oxygens (including phenoxy) is 1. The molecular formula is C15H14BrClN2O2. The van der Waals surface area contributed by atoms with Crippen molar-refractivity contribution < 1.29 is 9.53 Å². The number of methoxy groups -OCH3 is 1. The number of anilines is 1. The first-order valence-corrected chi connectivity index (χ1v) is 7.34. The first-order valence-electron chi connectivity index (χ1n) is 6.16. The molecule has 0 heterocycles. The Labute approximate surface area is 136 Å². The van der Waals surface area contributed by atoms with Gasteiger partial charge in [-0.2, -0.15) is 0 Å². The molecule has 0 radical (unpaired) electrons. The molecular weight excluding hydrogens is 356 g/mol. The van der Waals surface area contributed by atoms with Crippen molar-refractivity contribution >= 4 is 39.1 Å². The fraction of sp³-hybridized carbons (Fsp3) is 0.133. The van der Waals surface area contributed by atoms with Gasteiger partial charge in [0.15, 0.2) is 0 Å². The Hall–Kier alpha value is -1.72. The number of hydrogen-bond acceptors (Lipinski definition) is 3. The monoisotopic (exact) mass is 368 g/mol. The molecule has 2 aromatic rings. The van der Waals surface area contributed by atoms with Gasteiger partial charge in [-0.3, -0.25) is 4.79 Å². The number of halogens is 2. The highest BCUT2D eigenvalue weighted by molar-refractivity contribution is 9.10. The van der Waals surface area contributed by atoms with Crippen LogP contribution in [0.4, 0.5) is 5.69 Å². The molecule has 1 amide bonds. The summed E-state index contributed by atoms with van der Waals surface area (Å²) in [5.41, 5.74) is 6.84. The molecule has 0 bridgehead atoms. The van der Waals surface area contributed by atoms with Crippen LogP contribution in [0.25, 0.3) is 0 Å². The minimum absolute atomic E-state index is 0.510. The Bertz CT molecular complexity index is 664. The van der Waals surface area contributed by atoms with E-state index >= 15 is 0 Å². The topological polar surface area (TPSA) is 64.3 Å². The number of benzene rings is 2. The van der Waals surface area contributed by atoms with Gasteiger partial charge in [0.2, 0.25) is 5.91 Å². The van der Waals surface area contributed by atoms with E-state index < -0.39 is 11.9 Å². The minimum Gasteiger partial charge on any atom is -0.497 e. The molecule has 0 aliphatic heterocycles. The molecule has 4 nitrogen and oxygen atoms in total. The summed E-state index contributed by atoms with van der Waals surface area (Å²) in [4.78, 5) is 11.8. The van der Waals surface area contributed by atoms with Crippen LogP contribution in [0.5, 0.6) is 5.75 Å². The van der Waals surface area contributed by atoms with Crippen LogP contribution in [0.2, 0.25) is 5.02 Å². The molecule has 0 saturated heterocycles. The summed E-state index contributed by atoms with van der Waals surface area (Å²) >= 11 is 9.53. The number of amides is 1. The first kappa shape index (κ1) is 15.7. The summed E-state index contributed by atoms with van der Waals surface area (Å²) in [6.45, 7) is 0. The Morgan fingerprint density at radius 2 is 2.05 bits per heavy atom. The summed E-state index contributed by atoms with van der Waals surface area (Å²) in [5, 5.41) is 3.58. The first-order chi connectivity index (χ1) is 10.0. The molecule has 0 aliphatic carbocycles. The zero-order valence-electron chi connectivity index (χ0n) is 11.3. The summed E-state index contributed by atoms with van der Waals surface area (Å²) in [5.74, 6) is 0.129. The molecule has 1 atom stereocenters. The maximum absolute atomic E-state index is 11.8. The molecule has 6 heteroatoms. The number of nitrogens with one attached hydrogen (secondary N) is 1. The summed E-state index contributed by atoms with van der Waals surface area (Å²) < 4.78 is 5.94. The molecule has 110 valence electrons. The van der Waals surface area contributed by atoms with Crippen molar-refractivity contribution in [2.75, 3.05) is 12.4 Å². The predicted octanol–water partition coefficient (Wildman–Crippen LogP) is 3.75. The number of primary amides is 1. The van der Waals surface area contributed by atoms with Gasteiger partial charge < -0.3 is 15.8 Å². The van der Waals surface area contributed by atoms with Gasteiger partial charge in [-0.15, -0.1) is 0 Å². The van der Waals surface area contributed by atoms with Crippen molar-refractivity contribution in [2.24, 2.45) is 5.73 Å². The van der Waals surface area contributed by atoms with Gasteiger partial charge in [0.05, 0.1) is 17.8 Å². The average Bonchev–Trinajstić information content (AvgIpc) is 2.47. The minimum atomic E-state index is -0.727. The second-order valence-electron chi connectivity index (χ2n) is 4.35. The fourth-order valence-electron chi connectivity index (χ4n) is 1.91.